The lowest BCUT2D eigenvalue weighted by atomic mass is 10.1. The molecule has 0 spiro atoms. The topological polar surface area (TPSA) is 53.1 Å². The number of aryl methyl sites for hydroxylation is 2. The van der Waals surface area contributed by atoms with Gasteiger partial charge in [0, 0.05) is 42.5 Å². The molecule has 0 atom stereocenters. The Balaban J connectivity index is 1.15. The average molecular weight is 578 g/mol. The molecular weight excluding hydrogens is 546 g/mol. The molecule has 4 aromatic carbocycles. The number of hydrogen-bond acceptors (Lipinski definition) is 4. The highest BCUT2D eigenvalue weighted by atomic mass is 35.5. The summed E-state index contributed by atoms with van der Waals surface area (Å²) in [5.41, 5.74) is 6.64. The smallest absolute Gasteiger partial charge is 0.294 e. The highest BCUT2D eigenvalue weighted by molar-refractivity contribution is 6.30. The van der Waals surface area contributed by atoms with Crippen LogP contribution in [0.3, 0.4) is 0 Å². The lowest BCUT2D eigenvalue weighted by Gasteiger charge is -2.37. The first-order valence-corrected chi connectivity index (χ1v) is 14.5. The van der Waals surface area contributed by atoms with Crippen molar-refractivity contribution in [1.29, 1.82) is 0 Å². The van der Waals surface area contributed by atoms with Gasteiger partial charge in [-0.15, -0.1) is 0 Å². The molecule has 4 aromatic rings. The summed E-state index contributed by atoms with van der Waals surface area (Å²) >= 11 is 6.22. The van der Waals surface area contributed by atoms with Crippen molar-refractivity contribution in [2.24, 2.45) is 0 Å². The van der Waals surface area contributed by atoms with Gasteiger partial charge in [0.05, 0.1) is 12.2 Å². The van der Waals surface area contributed by atoms with Gasteiger partial charge in [0.25, 0.3) is 11.8 Å². The molecule has 2 aliphatic rings. The zero-order chi connectivity index (χ0) is 29.2. The second kappa shape index (κ2) is 11.7. The quantitative estimate of drug-likeness (QED) is 0.243. The Hall–Kier alpha value is -4.55. The van der Waals surface area contributed by atoms with Gasteiger partial charge >= 0.3 is 0 Å². The van der Waals surface area contributed by atoms with Crippen molar-refractivity contribution in [3.63, 3.8) is 0 Å². The standard InChI is InChI=1S/C35H32ClN3O3/c1-24-7-10-27(11-8-24)23-39-30-5-3-4-6-32(30)42-33(35(39)41)21-26-12-14-28(15-13-26)34(40)38-19-17-37(18-20-38)31-22-29(36)16-9-25(31)2/h3-16,21-22H,17-20,23H2,1-2H3/b33-21+. The van der Waals surface area contributed by atoms with Crippen LogP contribution in [0.1, 0.15) is 32.6 Å². The molecular formula is C35H32ClN3O3. The predicted molar refractivity (Wildman–Crippen MR) is 168 cm³/mol. The van der Waals surface area contributed by atoms with E-state index >= 15 is 0 Å². The molecule has 2 amide bonds. The third-order valence-electron chi connectivity index (χ3n) is 7.83. The Kier molecular flexibility index (Phi) is 7.72. The molecule has 0 aliphatic carbocycles. The number of para-hydroxylation sites is 2. The molecule has 0 unspecified atom stereocenters. The summed E-state index contributed by atoms with van der Waals surface area (Å²) in [6.45, 7) is 7.32. The van der Waals surface area contributed by atoms with Crippen LogP contribution in [-0.2, 0) is 11.3 Å². The molecule has 0 N–H and O–H groups in total. The number of nitrogens with zero attached hydrogens (tertiary/aromatic N) is 3. The van der Waals surface area contributed by atoms with Crippen LogP contribution in [0, 0.1) is 13.8 Å². The Labute approximate surface area is 251 Å². The maximum Gasteiger partial charge on any atom is 0.294 e. The molecule has 6 nitrogen and oxygen atoms in total. The third-order valence-corrected chi connectivity index (χ3v) is 8.06. The minimum absolute atomic E-state index is 0.000128. The predicted octanol–water partition coefficient (Wildman–Crippen LogP) is 6.89. The summed E-state index contributed by atoms with van der Waals surface area (Å²) in [5, 5.41) is 0.715. The number of fused-ring (bicyclic) bond motifs is 1. The van der Waals surface area contributed by atoms with E-state index in [-0.39, 0.29) is 17.6 Å². The number of anilines is 2. The minimum Gasteiger partial charge on any atom is -0.449 e. The number of amides is 2. The van der Waals surface area contributed by atoms with Crippen LogP contribution in [0.4, 0.5) is 11.4 Å². The van der Waals surface area contributed by atoms with Gasteiger partial charge in [0.15, 0.2) is 11.5 Å². The van der Waals surface area contributed by atoms with E-state index in [4.69, 9.17) is 16.3 Å². The van der Waals surface area contributed by atoms with E-state index in [9.17, 15) is 9.59 Å². The molecule has 0 saturated carbocycles. The first kappa shape index (κ1) is 27.6. The number of carbonyl (C=O) groups excluding carboxylic acids is 2. The summed E-state index contributed by atoms with van der Waals surface area (Å²) in [6, 6.07) is 29.0. The fraction of sp³-hybridized carbons (Fsp3) is 0.200. The summed E-state index contributed by atoms with van der Waals surface area (Å²) in [5.74, 6) is 0.670. The summed E-state index contributed by atoms with van der Waals surface area (Å²) in [6.07, 6.45) is 1.74. The highest BCUT2D eigenvalue weighted by Gasteiger charge is 2.30. The number of rotatable bonds is 5. The number of piperazine rings is 1. The summed E-state index contributed by atoms with van der Waals surface area (Å²) in [7, 11) is 0. The Morgan fingerprint density at radius 1 is 0.857 bits per heavy atom. The zero-order valence-electron chi connectivity index (χ0n) is 23.7. The van der Waals surface area contributed by atoms with E-state index in [1.807, 2.05) is 103 Å². The molecule has 212 valence electrons. The van der Waals surface area contributed by atoms with Gasteiger partial charge < -0.3 is 14.5 Å². The van der Waals surface area contributed by atoms with Crippen molar-refractivity contribution >= 4 is 40.9 Å². The Bertz CT molecular complexity index is 1660. The molecule has 0 bridgehead atoms. The van der Waals surface area contributed by atoms with Gasteiger partial charge in [-0.25, -0.2) is 0 Å². The van der Waals surface area contributed by atoms with Crippen LogP contribution in [-0.4, -0.2) is 42.9 Å². The van der Waals surface area contributed by atoms with E-state index in [1.165, 1.54) is 11.1 Å². The van der Waals surface area contributed by atoms with Gasteiger partial charge in [0.2, 0.25) is 0 Å². The van der Waals surface area contributed by atoms with Crippen molar-refractivity contribution in [3.05, 3.63) is 130 Å². The van der Waals surface area contributed by atoms with E-state index in [2.05, 4.69) is 11.8 Å². The van der Waals surface area contributed by atoms with Gasteiger partial charge in [-0.2, -0.15) is 0 Å². The molecule has 7 heteroatoms. The Morgan fingerprint density at radius 2 is 1.57 bits per heavy atom. The van der Waals surface area contributed by atoms with Crippen molar-refractivity contribution < 1.29 is 14.3 Å². The van der Waals surface area contributed by atoms with Crippen LogP contribution in [0.5, 0.6) is 5.75 Å². The van der Waals surface area contributed by atoms with Gasteiger partial charge in [-0.05, 0) is 73.0 Å². The first-order valence-electron chi connectivity index (χ1n) is 14.1. The first-order chi connectivity index (χ1) is 20.4. The monoisotopic (exact) mass is 577 g/mol. The molecule has 6 rings (SSSR count). The largest absolute Gasteiger partial charge is 0.449 e. The van der Waals surface area contributed by atoms with Crippen LogP contribution in [0.25, 0.3) is 6.08 Å². The lowest BCUT2D eigenvalue weighted by Crippen LogP contribution is -2.49. The number of hydrogen-bond donors (Lipinski definition) is 0. The number of benzene rings is 4. The maximum absolute atomic E-state index is 13.6. The average Bonchev–Trinajstić information content (AvgIpc) is 3.01. The third kappa shape index (κ3) is 5.76. The van der Waals surface area contributed by atoms with Crippen molar-refractivity contribution in [1.82, 2.24) is 4.90 Å². The number of halogens is 1. The fourth-order valence-corrected chi connectivity index (χ4v) is 5.59. The van der Waals surface area contributed by atoms with Crippen molar-refractivity contribution in [2.75, 3.05) is 36.0 Å². The second-order valence-electron chi connectivity index (χ2n) is 10.8. The van der Waals surface area contributed by atoms with Crippen molar-refractivity contribution in [2.45, 2.75) is 20.4 Å². The summed E-state index contributed by atoms with van der Waals surface area (Å²) in [4.78, 5) is 32.8. The zero-order valence-corrected chi connectivity index (χ0v) is 24.5. The van der Waals surface area contributed by atoms with Gasteiger partial charge in [-0.1, -0.05) is 71.8 Å². The molecule has 2 aliphatic heterocycles. The number of carbonyl (C=O) groups is 2. The Morgan fingerprint density at radius 3 is 2.31 bits per heavy atom. The summed E-state index contributed by atoms with van der Waals surface area (Å²) < 4.78 is 6.05. The molecule has 42 heavy (non-hydrogen) atoms. The van der Waals surface area contributed by atoms with Crippen LogP contribution in [0.2, 0.25) is 5.02 Å². The molecule has 0 radical (unpaired) electrons. The van der Waals surface area contributed by atoms with E-state index in [1.54, 1.807) is 11.0 Å². The molecule has 0 aromatic heterocycles. The molecule has 1 saturated heterocycles. The normalized spacial score (nSPS) is 15.9. The number of ether oxygens (including phenoxy) is 1. The van der Waals surface area contributed by atoms with Crippen LogP contribution in [0.15, 0.2) is 96.8 Å². The fourth-order valence-electron chi connectivity index (χ4n) is 5.42. The van der Waals surface area contributed by atoms with E-state index in [0.29, 0.717) is 36.0 Å². The highest BCUT2D eigenvalue weighted by Crippen LogP contribution is 2.36. The van der Waals surface area contributed by atoms with E-state index < -0.39 is 0 Å². The molecule has 2 heterocycles. The van der Waals surface area contributed by atoms with Crippen LogP contribution >= 0.6 is 11.6 Å². The van der Waals surface area contributed by atoms with Crippen LogP contribution < -0.4 is 14.5 Å². The lowest BCUT2D eigenvalue weighted by molar-refractivity contribution is -0.117. The van der Waals surface area contributed by atoms with Gasteiger partial charge in [0.1, 0.15) is 0 Å². The van der Waals surface area contributed by atoms with Crippen molar-refractivity contribution in [3.8, 4) is 5.75 Å². The SMILES string of the molecule is Cc1ccc(CN2C(=O)/C(=C\c3ccc(C(=O)N4CCN(c5cc(Cl)ccc5C)CC4)cc3)Oc3ccccc32)cc1. The molecule has 1 fully saturated rings. The van der Waals surface area contributed by atoms with E-state index in [0.717, 1.165) is 35.6 Å². The minimum atomic E-state index is -0.206. The van der Waals surface area contributed by atoms with Gasteiger partial charge in [-0.3, -0.25) is 14.5 Å². The maximum atomic E-state index is 13.6. The second-order valence-corrected chi connectivity index (χ2v) is 11.2.